The Kier molecular flexibility index (Phi) is 7.26. The van der Waals surface area contributed by atoms with Gasteiger partial charge in [0.05, 0.1) is 6.54 Å². The highest BCUT2D eigenvalue weighted by Gasteiger charge is 2.23. The quantitative estimate of drug-likeness (QED) is 0.726. The first kappa shape index (κ1) is 18.5. The van der Waals surface area contributed by atoms with Gasteiger partial charge in [-0.2, -0.15) is 11.8 Å². The predicted octanol–water partition coefficient (Wildman–Crippen LogP) is 2.51. The van der Waals surface area contributed by atoms with Gasteiger partial charge in [-0.1, -0.05) is 20.8 Å². The number of thioether (sulfide) groups is 1. The van der Waals surface area contributed by atoms with E-state index < -0.39 is 10.0 Å². The summed E-state index contributed by atoms with van der Waals surface area (Å²) in [5, 5.41) is 3.21. The van der Waals surface area contributed by atoms with E-state index in [0.717, 1.165) is 11.5 Å². The summed E-state index contributed by atoms with van der Waals surface area (Å²) in [6.45, 7) is 10.2. The Morgan fingerprint density at radius 2 is 2.00 bits per heavy atom. The predicted molar refractivity (Wildman–Crippen MR) is 88.2 cm³/mol. The Morgan fingerprint density at radius 3 is 2.57 bits per heavy atom. The van der Waals surface area contributed by atoms with Crippen LogP contribution in [-0.4, -0.2) is 32.0 Å². The van der Waals surface area contributed by atoms with Crippen LogP contribution in [0.15, 0.2) is 15.4 Å². The third kappa shape index (κ3) is 6.02. The van der Waals surface area contributed by atoms with E-state index in [0.29, 0.717) is 24.1 Å². The molecule has 2 N–H and O–H groups in total. The molecule has 0 bridgehead atoms. The van der Waals surface area contributed by atoms with Gasteiger partial charge in [-0.3, -0.25) is 0 Å². The molecule has 0 fully saturated rings. The second-order valence-electron chi connectivity index (χ2n) is 5.35. The second-order valence-corrected chi connectivity index (χ2v) is 8.35. The Labute approximate surface area is 132 Å². The molecule has 122 valence electrons. The fraction of sp³-hybridized carbons (Fsp3) is 0.714. The van der Waals surface area contributed by atoms with Gasteiger partial charge in [0.2, 0.25) is 10.0 Å². The van der Waals surface area contributed by atoms with Crippen molar-refractivity contribution >= 4 is 21.8 Å². The van der Waals surface area contributed by atoms with Gasteiger partial charge in [-0.25, -0.2) is 13.1 Å². The van der Waals surface area contributed by atoms with Crippen molar-refractivity contribution < 1.29 is 12.8 Å². The standard InChI is InChI=1S/C14H26N2O3S2/c1-6-20-9-11(4)16-21(17,18)14-7-13(19-12(14)5)8-15-10(2)3/h7,10-11,15-16H,6,8-9H2,1-5H3. The molecule has 0 saturated heterocycles. The van der Waals surface area contributed by atoms with Crippen LogP contribution in [0.5, 0.6) is 0 Å². The molecule has 0 radical (unpaired) electrons. The fourth-order valence-corrected chi connectivity index (χ4v) is 4.06. The molecule has 21 heavy (non-hydrogen) atoms. The molecule has 0 aliphatic rings. The molecular formula is C14H26N2O3S2. The maximum Gasteiger partial charge on any atom is 0.244 e. The van der Waals surface area contributed by atoms with Crippen molar-refractivity contribution in [1.29, 1.82) is 0 Å². The molecule has 0 spiro atoms. The van der Waals surface area contributed by atoms with Crippen LogP contribution in [0.25, 0.3) is 0 Å². The largest absolute Gasteiger partial charge is 0.464 e. The summed E-state index contributed by atoms with van der Waals surface area (Å²) in [7, 11) is -3.52. The number of furan rings is 1. The zero-order valence-corrected chi connectivity index (χ0v) is 15.0. The highest BCUT2D eigenvalue weighted by Crippen LogP contribution is 2.20. The van der Waals surface area contributed by atoms with E-state index in [-0.39, 0.29) is 10.9 Å². The number of hydrogen-bond donors (Lipinski definition) is 2. The van der Waals surface area contributed by atoms with E-state index >= 15 is 0 Å². The van der Waals surface area contributed by atoms with E-state index in [1.165, 1.54) is 0 Å². The van der Waals surface area contributed by atoms with Crippen molar-refractivity contribution in [2.45, 2.75) is 58.1 Å². The molecule has 0 amide bonds. The Hall–Kier alpha value is -0.500. The number of aryl methyl sites for hydroxylation is 1. The average Bonchev–Trinajstić information content (AvgIpc) is 2.75. The minimum atomic E-state index is -3.52. The summed E-state index contributed by atoms with van der Waals surface area (Å²) in [5.74, 6) is 2.80. The zero-order chi connectivity index (χ0) is 16.0. The minimum Gasteiger partial charge on any atom is -0.464 e. The first-order valence-corrected chi connectivity index (χ1v) is 9.82. The van der Waals surface area contributed by atoms with Gasteiger partial charge in [0.15, 0.2) is 0 Å². The molecule has 7 heteroatoms. The average molecular weight is 335 g/mol. The number of hydrogen-bond acceptors (Lipinski definition) is 5. The second kappa shape index (κ2) is 8.22. The van der Waals surface area contributed by atoms with Gasteiger partial charge in [-0.15, -0.1) is 0 Å². The van der Waals surface area contributed by atoms with Crippen LogP contribution in [0.2, 0.25) is 0 Å². The van der Waals surface area contributed by atoms with Gasteiger partial charge < -0.3 is 9.73 Å². The Bertz CT molecular complexity index is 538. The molecule has 1 atom stereocenters. The van der Waals surface area contributed by atoms with Crippen molar-refractivity contribution in [3.05, 3.63) is 17.6 Å². The summed E-state index contributed by atoms with van der Waals surface area (Å²) in [6.07, 6.45) is 0. The van der Waals surface area contributed by atoms with E-state index in [1.807, 2.05) is 20.8 Å². The summed E-state index contributed by atoms with van der Waals surface area (Å²) in [5.41, 5.74) is 0. The number of sulfonamides is 1. The van der Waals surface area contributed by atoms with E-state index in [1.54, 1.807) is 24.8 Å². The van der Waals surface area contributed by atoms with Crippen LogP contribution in [-0.2, 0) is 16.6 Å². The van der Waals surface area contributed by atoms with Crippen molar-refractivity contribution in [2.24, 2.45) is 0 Å². The lowest BCUT2D eigenvalue weighted by Crippen LogP contribution is -2.34. The molecule has 0 aliphatic carbocycles. The number of nitrogens with one attached hydrogen (secondary N) is 2. The topological polar surface area (TPSA) is 71.3 Å². The van der Waals surface area contributed by atoms with Crippen molar-refractivity contribution in [3.63, 3.8) is 0 Å². The zero-order valence-electron chi connectivity index (χ0n) is 13.4. The third-order valence-corrected chi connectivity index (χ3v) is 5.67. The molecule has 1 unspecified atom stereocenters. The molecule has 5 nitrogen and oxygen atoms in total. The van der Waals surface area contributed by atoms with Crippen LogP contribution in [0.1, 0.15) is 39.2 Å². The molecule has 1 rings (SSSR count). The van der Waals surface area contributed by atoms with Crippen molar-refractivity contribution in [3.8, 4) is 0 Å². The van der Waals surface area contributed by atoms with Crippen LogP contribution in [0, 0.1) is 6.92 Å². The Morgan fingerprint density at radius 1 is 1.33 bits per heavy atom. The van der Waals surface area contributed by atoms with Crippen LogP contribution in [0.4, 0.5) is 0 Å². The maximum absolute atomic E-state index is 12.4. The van der Waals surface area contributed by atoms with Crippen molar-refractivity contribution in [1.82, 2.24) is 10.0 Å². The maximum atomic E-state index is 12.4. The molecular weight excluding hydrogens is 308 g/mol. The van der Waals surface area contributed by atoms with Gasteiger partial charge in [0.1, 0.15) is 16.4 Å². The molecule has 1 aromatic rings. The highest BCUT2D eigenvalue weighted by atomic mass is 32.2. The number of rotatable bonds is 9. The lowest BCUT2D eigenvalue weighted by molar-refractivity contribution is 0.444. The molecule has 1 aromatic heterocycles. The molecule has 1 heterocycles. The van der Waals surface area contributed by atoms with Gasteiger partial charge in [0.25, 0.3) is 0 Å². The lowest BCUT2D eigenvalue weighted by atomic mass is 10.3. The normalized spacial score (nSPS) is 13.8. The summed E-state index contributed by atoms with van der Waals surface area (Å²) < 4.78 is 33.0. The van der Waals surface area contributed by atoms with Gasteiger partial charge in [-0.05, 0) is 19.6 Å². The SMILES string of the molecule is CCSCC(C)NS(=O)(=O)c1cc(CNC(C)C)oc1C. The van der Waals surface area contributed by atoms with Crippen LogP contribution < -0.4 is 10.0 Å². The smallest absolute Gasteiger partial charge is 0.244 e. The van der Waals surface area contributed by atoms with E-state index in [4.69, 9.17) is 4.42 Å². The van der Waals surface area contributed by atoms with Gasteiger partial charge in [0, 0.05) is 23.9 Å². The first-order chi connectivity index (χ1) is 9.76. The lowest BCUT2D eigenvalue weighted by Gasteiger charge is -2.12. The summed E-state index contributed by atoms with van der Waals surface area (Å²) >= 11 is 1.71. The highest BCUT2D eigenvalue weighted by molar-refractivity contribution is 7.99. The van der Waals surface area contributed by atoms with Gasteiger partial charge >= 0.3 is 0 Å². The van der Waals surface area contributed by atoms with E-state index in [2.05, 4.69) is 17.0 Å². The summed E-state index contributed by atoms with van der Waals surface area (Å²) in [6, 6.07) is 1.82. The van der Waals surface area contributed by atoms with Crippen LogP contribution >= 0.6 is 11.8 Å². The summed E-state index contributed by atoms with van der Waals surface area (Å²) in [4.78, 5) is 0.233. The van der Waals surface area contributed by atoms with Crippen LogP contribution in [0.3, 0.4) is 0 Å². The molecule has 0 aliphatic heterocycles. The molecule has 0 saturated carbocycles. The first-order valence-electron chi connectivity index (χ1n) is 7.19. The fourth-order valence-electron chi connectivity index (χ4n) is 1.84. The third-order valence-electron chi connectivity index (χ3n) is 2.83. The van der Waals surface area contributed by atoms with E-state index in [9.17, 15) is 8.42 Å². The van der Waals surface area contributed by atoms with Crippen molar-refractivity contribution in [2.75, 3.05) is 11.5 Å². The monoisotopic (exact) mass is 334 g/mol. The molecule has 0 aromatic carbocycles. The minimum absolute atomic E-state index is 0.105. The Balaban J connectivity index is 2.78.